The molecule has 0 bridgehead atoms. The molecule has 0 radical (unpaired) electrons. The average Bonchev–Trinajstić information content (AvgIpc) is 3.28. The molecule has 1 saturated heterocycles. The van der Waals surface area contributed by atoms with Crippen LogP contribution in [0, 0.1) is 0 Å². The van der Waals surface area contributed by atoms with Crippen molar-refractivity contribution >= 4 is 17.7 Å². The van der Waals surface area contributed by atoms with Crippen molar-refractivity contribution in [2.24, 2.45) is 0 Å². The minimum atomic E-state index is -0.356. The van der Waals surface area contributed by atoms with Crippen LogP contribution in [0.4, 0.5) is 0 Å². The van der Waals surface area contributed by atoms with E-state index in [9.17, 15) is 14.4 Å². The number of rotatable bonds is 5. The zero-order valence-electron chi connectivity index (χ0n) is 11.5. The number of nitrogens with one attached hydrogen (secondary N) is 1. The lowest BCUT2D eigenvalue weighted by Crippen LogP contribution is -2.39. The van der Waals surface area contributed by atoms with E-state index < -0.39 is 0 Å². The molecule has 2 aliphatic rings. The highest BCUT2D eigenvalue weighted by Crippen LogP contribution is 2.38. The molecule has 2 heterocycles. The number of hydrogen-bond donors (Lipinski definition) is 1. The molecular formula is C14H16N4O3. The monoisotopic (exact) mass is 288 g/mol. The highest BCUT2D eigenvalue weighted by atomic mass is 16.2. The third-order valence-electron chi connectivity index (χ3n) is 3.66. The Morgan fingerprint density at radius 3 is 2.62 bits per heavy atom. The molecule has 0 atom stereocenters. The molecule has 3 amide bonds. The molecule has 1 saturated carbocycles. The first kappa shape index (κ1) is 13.7. The lowest BCUT2D eigenvalue weighted by atomic mass is 10.2. The molecule has 0 unspecified atom stereocenters. The fourth-order valence-corrected chi connectivity index (χ4v) is 2.30. The summed E-state index contributed by atoms with van der Waals surface area (Å²) in [7, 11) is 0. The molecule has 0 aromatic carbocycles. The van der Waals surface area contributed by atoms with E-state index in [0.29, 0.717) is 5.92 Å². The van der Waals surface area contributed by atoms with Crippen LogP contribution in [0.15, 0.2) is 12.4 Å². The number of aromatic nitrogens is 2. The summed E-state index contributed by atoms with van der Waals surface area (Å²) in [5.74, 6) is -0.395. The number of imide groups is 1. The van der Waals surface area contributed by atoms with Crippen LogP contribution < -0.4 is 5.32 Å². The summed E-state index contributed by atoms with van der Waals surface area (Å²) < 4.78 is 0. The number of nitrogens with zero attached hydrogens (tertiary/aromatic N) is 3. The summed E-state index contributed by atoms with van der Waals surface area (Å²) >= 11 is 0. The van der Waals surface area contributed by atoms with E-state index in [4.69, 9.17) is 0 Å². The van der Waals surface area contributed by atoms with Gasteiger partial charge >= 0.3 is 0 Å². The van der Waals surface area contributed by atoms with Crippen LogP contribution in [0.5, 0.6) is 0 Å². The number of carbonyl (C=O) groups is 3. The number of likely N-dealkylation sites (tertiary alicyclic amines) is 1. The summed E-state index contributed by atoms with van der Waals surface area (Å²) in [6.07, 6.45) is 4.21. The fraction of sp³-hybridized carbons (Fsp3) is 0.500. The maximum Gasteiger partial charge on any atom is 0.240 e. The lowest BCUT2D eigenvalue weighted by Gasteiger charge is -2.13. The van der Waals surface area contributed by atoms with Crippen LogP contribution in [0.25, 0.3) is 0 Å². The second kappa shape index (κ2) is 5.59. The second-order valence-corrected chi connectivity index (χ2v) is 5.36. The van der Waals surface area contributed by atoms with Crippen molar-refractivity contribution in [3.05, 3.63) is 23.8 Å². The van der Waals surface area contributed by atoms with Crippen molar-refractivity contribution in [3.63, 3.8) is 0 Å². The molecule has 3 rings (SSSR count). The minimum absolute atomic E-state index is 0.197. The first-order chi connectivity index (χ1) is 10.1. The maximum atomic E-state index is 11.8. The number of carbonyl (C=O) groups excluding carboxylic acids is 3. The Kier molecular flexibility index (Phi) is 3.64. The molecule has 7 heteroatoms. The summed E-state index contributed by atoms with van der Waals surface area (Å²) in [4.78, 5) is 44.0. The predicted octanol–water partition coefficient (Wildman–Crippen LogP) is 0.119. The minimum Gasteiger partial charge on any atom is -0.349 e. The Morgan fingerprint density at radius 2 is 1.95 bits per heavy atom. The van der Waals surface area contributed by atoms with Gasteiger partial charge in [-0.15, -0.1) is 0 Å². The summed E-state index contributed by atoms with van der Waals surface area (Å²) in [5, 5.41) is 2.68. The van der Waals surface area contributed by atoms with Gasteiger partial charge < -0.3 is 5.32 Å². The van der Waals surface area contributed by atoms with Crippen molar-refractivity contribution in [1.82, 2.24) is 20.2 Å². The van der Waals surface area contributed by atoms with E-state index in [1.807, 2.05) is 6.07 Å². The Bertz CT molecular complexity index is 582. The van der Waals surface area contributed by atoms with Crippen molar-refractivity contribution in [3.8, 4) is 0 Å². The Hall–Kier alpha value is -2.31. The smallest absolute Gasteiger partial charge is 0.240 e. The average molecular weight is 288 g/mol. The van der Waals surface area contributed by atoms with Gasteiger partial charge in [-0.25, -0.2) is 9.97 Å². The largest absolute Gasteiger partial charge is 0.349 e. The van der Waals surface area contributed by atoms with Crippen LogP contribution in [-0.2, 0) is 20.9 Å². The number of hydrogen-bond acceptors (Lipinski definition) is 5. The molecule has 1 aromatic heterocycles. The standard InChI is InChI=1S/C14H16N4O3/c19-12(7-18-13(20)3-4-14(18)21)15-6-10-5-11(9-1-2-9)17-8-16-10/h5,8-9H,1-4,6-7H2,(H,15,19). The van der Waals surface area contributed by atoms with E-state index in [0.717, 1.165) is 29.1 Å². The van der Waals surface area contributed by atoms with Gasteiger partial charge in [0.1, 0.15) is 12.9 Å². The van der Waals surface area contributed by atoms with E-state index in [1.54, 1.807) is 0 Å². The highest BCUT2D eigenvalue weighted by molar-refractivity contribution is 6.04. The van der Waals surface area contributed by atoms with Crippen molar-refractivity contribution in [2.45, 2.75) is 38.1 Å². The Balaban J connectivity index is 1.52. The van der Waals surface area contributed by atoms with Gasteiger partial charge in [0, 0.05) is 24.5 Å². The van der Waals surface area contributed by atoms with Gasteiger partial charge in [-0.1, -0.05) is 0 Å². The Morgan fingerprint density at radius 1 is 1.24 bits per heavy atom. The normalized spacial score (nSPS) is 18.2. The lowest BCUT2D eigenvalue weighted by molar-refractivity contribution is -0.142. The van der Waals surface area contributed by atoms with Crippen molar-refractivity contribution in [1.29, 1.82) is 0 Å². The second-order valence-electron chi connectivity index (χ2n) is 5.36. The van der Waals surface area contributed by atoms with Gasteiger partial charge in [-0.3, -0.25) is 19.3 Å². The van der Waals surface area contributed by atoms with Gasteiger partial charge in [0.25, 0.3) is 0 Å². The van der Waals surface area contributed by atoms with E-state index in [2.05, 4.69) is 15.3 Å². The predicted molar refractivity (Wildman–Crippen MR) is 71.8 cm³/mol. The zero-order valence-corrected chi connectivity index (χ0v) is 11.5. The van der Waals surface area contributed by atoms with E-state index in [-0.39, 0.29) is 43.7 Å². The molecule has 2 fully saturated rings. The third-order valence-corrected chi connectivity index (χ3v) is 3.66. The van der Waals surface area contributed by atoms with Gasteiger partial charge in [0.2, 0.25) is 17.7 Å². The molecular weight excluding hydrogens is 272 g/mol. The van der Waals surface area contributed by atoms with Crippen LogP contribution >= 0.6 is 0 Å². The van der Waals surface area contributed by atoms with Crippen LogP contribution in [-0.4, -0.2) is 39.1 Å². The molecule has 1 aliphatic heterocycles. The molecule has 7 nitrogen and oxygen atoms in total. The number of amides is 3. The van der Waals surface area contributed by atoms with E-state index >= 15 is 0 Å². The molecule has 110 valence electrons. The van der Waals surface area contributed by atoms with Crippen molar-refractivity contribution in [2.75, 3.05) is 6.54 Å². The third kappa shape index (κ3) is 3.24. The first-order valence-electron chi connectivity index (χ1n) is 7.04. The summed E-state index contributed by atoms with van der Waals surface area (Å²) in [6.45, 7) is 0.0650. The van der Waals surface area contributed by atoms with Gasteiger partial charge in [-0.05, 0) is 18.9 Å². The topological polar surface area (TPSA) is 92.3 Å². The van der Waals surface area contributed by atoms with Crippen LogP contribution in [0.3, 0.4) is 0 Å². The highest BCUT2D eigenvalue weighted by Gasteiger charge is 2.30. The summed E-state index contributed by atoms with van der Waals surface area (Å²) in [6, 6.07) is 1.89. The zero-order chi connectivity index (χ0) is 14.8. The Labute approximate surface area is 121 Å². The van der Waals surface area contributed by atoms with Crippen LogP contribution in [0.1, 0.15) is 43.0 Å². The SMILES string of the molecule is O=C(CN1C(=O)CCC1=O)NCc1cc(C2CC2)ncn1. The van der Waals surface area contributed by atoms with Gasteiger partial charge in [0.15, 0.2) is 0 Å². The van der Waals surface area contributed by atoms with Gasteiger partial charge in [0.05, 0.1) is 12.2 Å². The molecule has 1 aromatic rings. The maximum absolute atomic E-state index is 11.8. The van der Waals surface area contributed by atoms with Gasteiger partial charge in [-0.2, -0.15) is 0 Å². The molecule has 1 N–H and O–H groups in total. The van der Waals surface area contributed by atoms with E-state index in [1.165, 1.54) is 6.33 Å². The molecule has 1 aliphatic carbocycles. The summed E-state index contributed by atoms with van der Waals surface area (Å²) in [5.41, 5.74) is 1.75. The molecule has 0 spiro atoms. The van der Waals surface area contributed by atoms with Crippen LogP contribution in [0.2, 0.25) is 0 Å². The van der Waals surface area contributed by atoms with Crippen molar-refractivity contribution < 1.29 is 14.4 Å². The first-order valence-corrected chi connectivity index (χ1v) is 7.04. The quantitative estimate of drug-likeness (QED) is 0.777. The fourth-order valence-electron chi connectivity index (χ4n) is 2.30. The molecule has 21 heavy (non-hydrogen) atoms.